The minimum atomic E-state index is -3.30. The maximum Gasteiger partial charge on any atom is 0.500 e. The summed E-state index contributed by atoms with van der Waals surface area (Å²) in [5.74, 6) is 0.288. The van der Waals surface area contributed by atoms with Gasteiger partial charge in [0.25, 0.3) is 0 Å². The van der Waals surface area contributed by atoms with Gasteiger partial charge in [0.1, 0.15) is 5.82 Å². The van der Waals surface area contributed by atoms with Crippen molar-refractivity contribution in [2.75, 3.05) is 31.1 Å². The summed E-state index contributed by atoms with van der Waals surface area (Å²) in [6, 6.07) is 0. The summed E-state index contributed by atoms with van der Waals surface area (Å²) in [4.78, 5) is 3.50. The van der Waals surface area contributed by atoms with Crippen LogP contribution in [0, 0.1) is 6.57 Å². The van der Waals surface area contributed by atoms with Crippen LogP contribution in [0.4, 0.5) is 5.82 Å². The Bertz CT molecular complexity index is 867. The minimum absolute atomic E-state index is 0.0293. The van der Waals surface area contributed by atoms with Crippen molar-refractivity contribution >= 4 is 28.4 Å². The molecule has 0 radical (unpaired) electrons. The second-order valence-corrected chi connectivity index (χ2v) is 10.5. The van der Waals surface area contributed by atoms with Gasteiger partial charge in [-0.2, -0.15) is 9.40 Å². The van der Waals surface area contributed by atoms with Gasteiger partial charge in [-0.15, -0.1) is 0 Å². The third-order valence-electron chi connectivity index (χ3n) is 5.84. The van der Waals surface area contributed by atoms with Crippen LogP contribution in [-0.2, 0) is 24.9 Å². The highest BCUT2D eigenvalue weighted by Gasteiger charge is 2.55. The average molecular weight is 395 g/mol. The van der Waals surface area contributed by atoms with E-state index in [0.717, 1.165) is 0 Å². The van der Waals surface area contributed by atoms with Crippen molar-refractivity contribution in [2.45, 2.75) is 51.4 Å². The highest BCUT2D eigenvalue weighted by molar-refractivity contribution is 7.89. The van der Waals surface area contributed by atoms with Crippen LogP contribution < -0.4 is 11.2 Å². The molecule has 27 heavy (non-hydrogen) atoms. The van der Waals surface area contributed by atoms with Crippen LogP contribution in [0.1, 0.15) is 34.6 Å². The van der Waals surface area contributed by atoms with Crippen molar-refractivity contribution in [1.82, 2.24) is 14.1 Å². The van der Waals surface area contributed by atoms with E-state index in [2.05, 4.69) is 9.94 Å². The van der Waals surface area contributed by atoms with E-state index >= 15 is 0 Å². The zero-order valence-corrected chi connectivity index (χ0v) is 17.2. The third kappa shape index (κ3) is 3.14. The summed E-state index contributed by atoms with van der Waals surface area (Å²) in [5, 5.41) is 4.38. The molecule has 2 saturated heterocycles. The van der Waals surface area contributed by atoms with E-state index in [1.807, 2.05) is 27.7 Å². The number of hydrogen-bond donors (Lipinski definition) is 1. The Morgan fingerprint density at radius 2 is 1.85 bits per heavy atom. The number of hydrogen-bond acceptors (Lipinski definition) is 6. The molecule has 3 rings (SSSR count). The molecule has 3 heterocycles. The maximum absolute atomic E-state index is 12.1. The van der Waals surface area contributed by atoms with Crippen molar-refractivity contribution in [3.63, 3.8) is 0 Å². The van der Waals surface area contributed by atoms with Gasteiger partial charge in [-0.05, 0) is 34.6 Å². The summed E-state index contributed by atoms with van der Waals surface area (Å²) in [5.41, 5.74) is 4.96. The number of rotatable bonds is 5. The van der Waals surface area contributed by atoms with Gasteiger partial charge in [0.2, 0.25) is 16.6 Å². The van der Waals surface area contributed by atoms with Crippen LogP contribution in [0.25, 0.3) is 4.85 Å². The van der Waals surface area contributed by atoms with E-state index in [4.69, 9.17) is 21.6 Å². The first-order chi connectivity index (χ1) is 12.4. The third-order valence-corrected chi connectivity index (χ3v) is 7.61. The van der Waals surface area contributed by atoms with E-state index in [9.17, 15) is 8.42 Å². The van der Waals surface area contributed by atoms with Gasteiger partial charge in [0.15, 0.2) is 5.54 Å². The predicted octanol–water partition coefficient (Wildman–Crippen LogP) is 0.0444. The Morgan fingerprint density at radius 1 is 1.30 bits per heavy atom. The number of anilines is 1. The molecular formula is C16H26BN5O4S. The normalized spacial score (nSPS) is 23.8. The Morgan fingerprint density at radius 3 is 2.33 bits per heavy atom. The van der Waals surface area contributed by atoms with Crippen LogP contribution in [0.15, 0.2) is 6.20 Å². The smallest absolute Gasteiger partial charge is 0.399 e. The number of aromatic nitrogens is 2. The summed E-state index contributed by atoms with van der Waals surface area (Å²) in [7, 11) is -3.96. The van der Waals surface area contributed by atoms with Gasteiger partial charge in [-0.25, -0.2) is 15.0 Å². The first-order valence-corrected chi connectivity index (χ1v) is 10.5. The second-order valence-electron chi connectivity index (χ2n) is 8.21. The summed E-state index contributed by atoms with van der Waals surface area (Å²) in [6.07, 6.45) is 1.72. The molecule has 0 amide bonds. The van der Waals surface area contributed by atoms with Gasteiger partial charge < -0.3 is 19.9 Å². The van der Waals surface area contributed by atoms with Gasteiger partial charge >= 0.3 is 7.12 Å². The molecule has 0 aromatic carbocycles. The summed E-state index contributed by atoms with van der Waals surface area (Å²) >= 11 is 0. The van der Waals surface area contributed by atoms with Crippen LogP contribution in [0.3, 0.4) is 0 Å². The van der Waals surface area contributed by atoms with E-state index in [1.165, 1.54) is 4.31 Å². The molecule has 1 aromatic rings. The lowest BCUT2D eigenvalue weighted by Gasteiger charge is -2.45. The fourth-order valence-electron chi connectivity index (χ4n) is 3.25. The van der Waals surface area contributed by atoms with Gasteiger partial charge in [-0.3, -0.25) is 4.68 Å². The molecular weight excluding hydrogens is 369 g/mol. The van der Waals surface area contributed by atoms with Gasteiger partial charge in [0.05, 0.1) is 17.0 Å². The predicted molar refractivity (Wildman–Crippen MR) is 103 cm³/mol. The fourth-order valence-corrected chi connectivity index (χ4v) is 4.49. The molecule has 2 aliphatic heterocycles. The molecule has 0 bridgehead atoms. The molecule has 0 spiro atoms. The van der Waals surface area contributed by atoms with E-state index in [1.54, 1.807) is 17.8 Å². The fraction of sp³-hybridized carbons (Fsp3) is 0.750. The van der Waals surface area contributed by atoms with E-state index in [0.29, 0.717) is 5.46 Å². The number of nitrogens with two attached hydrogens (primary N) is 1. The Balaban J connectivity index is 1.89. The lowest BCUT2D eigenvalue weighted by molar-refractivity contribution is 0.00578. The molecule has 0 atom stereocenters. The quantitative estimate of drug-likeness (QED) is 0.558. The first-order valence-electron chi connectivity index (χ1n) is 8.90. The molecule has 0 unspecified atom stereocenters. The zero-order chi connectivity index (χ0) is 20.3. The number of nitrogen functional groups attached to an aromatic ring is 1. The van der Waals surface area contributed by atoms with E-state index in [-0.39, 0.29) is 31.2 Å². The highest BCUT2D eigenvalue weighted by atomic mass is 32.2. The van der Waals surface area contributed by atoms with Crippen molar-refractivity contribution in [3.05, 3.63) is 17.6 Å². The van der Waals surface area contributed by atoms with Crippen LogP contribution in [0.2, 0.25) is 0 Å². The molecule has 9 nitrogen and oxygen atoms in total. The maximum atomic E-state index is 12.1. The Hall–Kier alpha value is -1.61. The van der Waals surface area contributed by atoms with Gasteiger partial charge in [0, 0.05) is 24.7 Å². The lowest BCUT2D eigenvalue weighted by Crippen LogP contribution is -2.66. The Labute approximate surface area is 160 Å². The van der Waals surface area contributed by atoms with Crippen molar-refractivity contribution in [3.8, 4) is 0 Å². The first kappa shape index (κ1) is 20.1. The summed E-state index contributed by atoms with van der Waals surface area (Å²) in [6.45, 7) is 17.2. The standard InChI is InChI=1S/C16H26BN5O4S/c1-7-27(23,24)21-10-16(11-21,9-19-6)22-8-12(13(18)20-22)17-25-14(2,3)15(4,5)26-17/h8H,7,9-11H2,1-5H3,(H2,18,20). The monoisotopic (exact) mass is 395 g/mol. The van der Waals surface area contributed by atoms with Crippen molar-refractivity contribution < 1.29 is 17.7 Å². The zero-order valence-electron chi connectivity index (χ0n) is 16.4. The molecule has 2 aliphatic rings. The minimum Gasteiger partial charge on any atom is -0.399 e. The highest BCUT2D eigenvalue weighted by Crippen LogP contribution is 2.37. The number of nitrogens with zero attached hydrogens (tertiary/aromatic N) is 4. The second kappa shape index (κ2) is 6.20. The average Bonchev–Trinajstić information content (AvgIpc) is 3.00. The molecule has 2 N–H and O–H groups in total. The number of sulfonamides is 1. The largest absolute Gasteiger partial charge is 0.500 e. The molecule has 0 saturated carbocycles. The van der Waals surface area contributed by atoms with Crippen molar-refractivity contribution in [1.29, 1.82) is 0 Å². The molecule has 148 valence electrons. The molecule has 0 aliphatic carbocycles. The Kier molecular flexibility index (Phi) is 4.63. The SMILES string of the molecule is [C-]#[N+]CC1(n2cc(B3OC(C)(C)C(C)(C)O3)c(N)n2)CN(S(=O)(=O)CC)C1. The van der Waals surface area contributed by atoms with Crippen LogP contribution in [0.5, 0.6) is 0 Å². The van der Waals surface area contributed by atoms with Crippen LogP contribution >= 0.6 is 0 Å². The molecule has 11 heteroatoms. The van der Waals surface area contributed by atoms with Crippen LogP contribution in [-0.4, -0.2) is 66.2 Å². The molecule has 2 fully saturated rings. The molecule has 1 aromatic heterocycles. The van der Waals surface area contributed by atoms with Gasteiger partial charge in [-0.1, -0.05) is 0 Å². The van der Waals surface area contributed by atoms with Crippen molar-refractivity contribution in [2.24, 2.45) is 0 Å². The lowest BCUT2D eigenvalue weighted by atomic mass is 9.80. The van der Waals surface area contributed by atoms with E-state index < -0.39 is 33.9 Å². The summed E-state index contributed by atoms with van der Waals surface area (Å²) < 4.78 is 39.2. The topological polar surface area (TPSA) is 104 Å².